The van der Waals surface area contributed by atoms with Gasteiger partial charge in [0.1, 0.15) is 5.75 Å². The van der Waals surface area contributed by atoms with Crippen LogP contribution in [0.1, 0.15) is 5.56 Å². The number of rotatable bonds is 8. The summed E-state index contributed by atoms with van der Waals surface area (Å²) >= 11 is 0. The summed E-state index contributed by atoms with van der Waals surface area (Å²) < 4.78 is 40.4. The molecule has 152 valence electrons. The summed E-state index contributed by atoms with van der Waals surface area (Å²) in [6.45, 7) is 0. The molecule has 2 N–H and O–H groups in total. The Bertz CT molecular complexity index is 1110. The summed E-state index contributed by atoms with van der Waals surface area (Å²) in [7, 11) is 0.605. The molecule has 1 heterocycles. The van der Waals surface area contributed by atoms with E-state index < -0.39 is 10.0 Å². The van der Waals surface area contributed by atoms with Crippen LogP contribution in [0.3, 0.4) is 0 Å². The van der Waals surface area contributed by atoms with Crippen LogP contribution in [0.4, 0.5) is 0 Å². The minimum absolute atomic E-state index is 0.00475. The third-order valence-corrected chi connectivity index (χ3v) is 5.31. The Morgan fingerprint density at radius 2 is 1.72 bits per heavy atom. The molecule has 0 atom stereocenters. The Hall–Kier alpha value is -3.53. The summed E-state index contributed by atoms with van der Waals surface area (Å²) in [4.78, 5) is 2.18. The van der Waals surface area contributed by atoms with Crippen molar-refractivity contribution in [3.8, 4) is 28.5 Å². The van der Waals surface area contributed by atoms with E-state index in [1.807, 2.05) is 24.3 Å². The standard InChI is InChI=1S/C19H20N4O5S/c1-26-15-6-4-13(5-7-15)19-14(11-20-22-19)12-21-23-29(24,25)16-8-9-17(27-2)18(10-16)28-3/h4-12,23H,1-3H3,(H,20,22)/b21-12-. The largest absolute Gasteiger partial charge is 0.497 e. The molecule has 0 aliphatic rings. The summed E-state index contributed by atoms with van der Waals surface area (Å²) in [6.07, 6.45) is 2.93. The molecule has 0 radical (unpaired) electrons. The Balaban J connectivity index is 1.78. The molecular weight excluding hydrogens is 396 g/mol. The lowest BCUT2D eigenvalue weighted by molar-refractivity contribution is 0.354. The molecule has 0 aliphatic heterocycles. The van der Waals surface area contributed by atoms with Gasteiger partial charge < -0.3 is 14.2 Å². The third kappa shape index (κ3) is 4.49. The lowest BCUT2D eigenvalue weighted by Gasteiger charge is -2.09. The number of aromatic amines is 1. The van der Waals surface area contributed by atoms with Crippen molar-refractivity contribution >= 4 is 16.2 Å². The highest BCUT2D eigenvalue weighted by Crippen LogP contribution is 2.29. The van der Waals surface area contributed by atoms with Crippen LogP contribution in [-0.2, 0) is 10.0 Å². The predicted molar refractivity (Wildman–Crippen MR) is 108 cm³/mol. The quantitative estimate of drug-likeness (QED) is 0.430. The lowest BCUT2D eigenvalue weighted by Crippen LogP contribution is -2.18. The molecule has 0 unspecified atom stereocenters. The van der Waals surface area contributed by atoms with Crippen LogP contribution in [0.15, 0.2) is 58.7 Å². The molecule has 10 heteroatoms. The van der Waals surface area contributed by atoms with Crippen LogP contribution in [0, 0.1) is 0 Å². The molecule has 29 heavy (non-hydrogen) atoms. The zero-order chi connectivity index (χ0) is 20.9. The zero-order valence-corrected chi connectivity index (χ0v) is 16.9. The number of sulfonamides is 1. The van der Waals surface area contributed by atoms with Gasteiger partial charge in [0.2, 0.25) is 0 Å². The van der Waals surface area contributed by atoms with Crippen LogP contribution in [0.5, 0.6) is 17.2 Å². The van der Waals surface area contributed by atoms with Crippen molar-refractivity contribution in [3.63, 3.8) is 0 Å². The SMILES string of the molecule is COc1ccc(-c2[nH]ncc2/C=N\NS(=O)(=O)c2ccc(OC)c(OC)c2)cc1. The predicted octanol–water partition coefficient (Wildman–Crippen LogP) is 2.41. The molecule has 9 nitrogen and oxygen atoms in total. The molecule has 1 aromatic heterocycles. The topological polar surface area (TPSA) is 115 Å². The Labute approximate surface area is 168 Å². The van der Waals surface area contributed by atoms with Gasteiger partial charge in [0.25, 0.3) is 10.0 Å². The second kappa shape index (κ2) is 8.65. The normalized spacial score (nSPS) is 11.4. The van der Waals surface area contributed by atoms with E-state index in [0.717, 1.165) is 11.3 Å². The molecular formula is C19H20N4O5S. The maximum Gasteiger partial charge on any atom is 0.276 e. The highest BCUT2D eigenvalue weighted by atomic mass is 32.2. The Morgan fingerprint density at radius 3 is 2.38 bits per heavy atom. The number of H-pyrrole nitrogens is 1. The van der Waals surface area contributed by atoms with Crippen molar-refractivity contribution in [1.82, 2.24) is 15.0 Å². The molecule has 3 aromatic rings. The van der Waals surface area contributed by atoms with E-state index in [-0.39, 0.29) is 4.90 Å². The van der Waals surface area contributed by atoms with E-state index in [1.54, 1.807) is 13.3 Å². The minimum atomic E-state index is -3.89. The van der Waals surface area contributed by atoms with Crippen molar-refractivity contribution in [1.29, 1.82) is 0 Å². The molecule has 0 amide bonds. The van der Waals surface area contributed by atoms with Crippen LogP contribution in [0.2, 0.25) is 0 Å². The van der Waals surface area contributed by atoms with Gasteiger partial charge in [0.15, 0.2) is 11.5 Å². The van der Waals surface area contributed by atoms with Gasteiger partial charge in [-0.05, 0) is 36.4 Å². The number of ether oxygens (including phenoxy) is 3. The number of methoxy groups -OCH3 is 3. The summed E-state index contributed by atoms with van der Waals surface area (Å²) in [5.74, 6) is 1.46. The number of nitrogens with zero attached hydrogens (tertiary/aromatic N) is 2. The first-order valence-corrected chi connectivity index (χ1v) is 9.91. The third-order valence-electron chi connectivity index (χ3n) is 4.09. The first kappa shape index (κ1) is 20.2. The van der Waals surface area contributed by atoms with E-state index >= 15 is 0 Å². The van der Waals surface area contributed by atoms with Crippen molar-refractivity contribution in [2.75, 3.05) is 21.3 Å². The first-order chi connectivity index (χ1) is 14.0. The van der Waals surface area contributed by atoms with Gasteiger partial charge in [-0.2, -0.15) is 18.6 Å². The smallest absolute Gasteiger partial charge is 0.276 e. The van der Waals surface area contributed by atoms with Crippen molar-refractivity contribution in [2.24, 2.45) is 5.10 Å². The second-order valence-corrected chi connectivity index (χ2v) is 7.46. The summed E-state index contributed by atoms with van der Waals surface area (Å²) in [6, 6.07) is 11.6. The van der Waals surface area contributed by atoms with Crippen LogP contribution >= 0.6 is 0 Å². The van der Waals surface area contributed by atoms with Crippen molar-refractivity contribution in [3.05, 3.63) is 54.2 Å². The molecule has 2 aromatic carbocycles. The maximum atomic E-state index is 12.5. The molecule has 0 aliphatic carbocycles. The highest BCUT2D eigenvalue weighted by molar-refractivity contribution is 7.89. The molecule has 0 fully saturated rings. The van der Waals surface area contributed by atoms with E-state index in [2.05, 4.69) is 20.1 Å². The van der Waals surface area contributed by atoms with Gasteiger partial charge in [-0.3, -0.25) is 5.10 Å². The minimum Gasteiger partial charge on any atom is -0.497 e. The van der Waals surface area contributed by atoms with Gasteiger partial charge in [-0.25, -0.2) is 4.83 Å². The fourth-order valence-electron chi connectivity index (χ4n) is 2.58. The van der Waals surface area contributed by atoms with Gasteiger partial charge in [-0.1, -0.05) is 0 Å². The van der Waals surface area contributed by atoms with Gasteiger partial charge in [0, 0.05) is 17.2 Å². The maximum absolute atomic E-state index is 12.5. The molecule has 0 saturated heterocycles. The van der Waals surface area contributed by atoms with Crippen molar-refractivity contribution < 1.29 is 22.6 Å². The Morgan fingerprint density at radius 1 is 1.00 bits per heavy atom. The molecule has 0 saturated carbocycles. The number of benzene rings is 2. The lowest BCUT2D eigenvalue weighted by atomic mass is 10.1. The van der Waals surface area contributed by atoms with Gasteiger partial charge in [-0.15, -0.1) is 0 Å². The number of hydrogen-bond acceptors (Lipinski definition) is 7. The van der Waals surface area contributed by atoms with Gasteiger partial charge >= 0.3 is 0 Å². The molecule has 3 rings (SSSR count). The number of nitrogens with one attached hydrogen (secondary N) is 2. The molecule has 0 spiro atoms. The fourth-order valence-corrected chi connectivity index (χ4v) is 3.39. The second-order valence-electron chi connectivity index (χ2n) is 5.80. The van der Waals surface area contributed by atoms with Crippen LogP contribution in [-0.4, -0.2) is 46.2 Å². The van der Waals surface area contributed by atoms with E-state index in [0.29, 0.717) is 22.8 Å². The number of hydrogen-bond donors (Lipinski definition) is 2. The monoisotopic (exact) mass is 416 g/mol. The highest BCUT2D eigenvalue weighted by Gasteiger charge is 2.16. The summed E-state index contributed by atoms with van der Waals surface area (Å²) in [5.41, 5.74) is 2.17. The fraction of sp³-hybridized carbons (Fsp3) is 0.158. The molecule has 0 bridgehead atoms. The average Bonchev–Trinajstić information content (AvgIpc) is 3.21. The Kier molecular flexibility index (Phi) is 6.03. The zero-order valence-electron chi connectivity index (χ0n) is 16.0. The average molecular weight is 416 g/mol. The van der Waals surface area contributed by atoms with E-state index in [1.165, 1.54) is 38.6 Å². The summed E-state index contributed by atoms with van der Waals surface area (Å²) in [5, 5.41) is 10.7. The van der Waals surface area contributed by atoms with Gasteiger partial charge in [0.05, 0.1) is 44.3 Å². The number of aromatic nitrogens is 2. The van der Waals surface area contributed by atoms with E-state index in [4.69, 9.17) is 14.2 Å². The first-order valence-electron chi connectivity index (χ1n) is 8.43. The van der Waals surface area contributed by atoms with Crippen LogP contribution in [0.25, 0.3) is 11.3 Å². The van der Waals surface area contributed by atoms with Crippen molar-refractivity contribution in [2.45, 2.75) is 4.90 Å². The van der Waals surface area contributed by atoms with E-state index in [9.17, 15) is 8.42 Å². The number of hydrazone groups is 1. The van der Waals surface area contributed by atoms with Crippen LogP contribution < -0.4 is 19.0 Å².